The second kappa shape index (κ2) is 34.2. The summed E-state index contributed by atoms with van der Waals surface area (Å²) in [6.07, 6.45) is 4.78. The summed E-state index contributed by atoms with van der Waals surface area (Å²) in [5.41, 5.74) is -1.97. The molecule has 1 spiro atoms. The molecule has 11 amide bonds. The minimum Gasteiger partial charge on any atom is -0.354 e. The van der Waals surface area contributed by atoms with Gasteiger partial charge in [0.05, 0.1) is 30.2 Å². The number of likely N-dealkylation sites (N-methyl/N-ethyl adjacent to an activating group) is 6. The molecule has 3 aliphatic carbocycles. The van der Waals surface area contributed by atoms with Gasteiger partial charge in [0, 0.05) is 68.2 Å². The van der Waals surface area contributed by atoms with Gasteiger partial charge in [0.25, 0.3) is 0 Å². The standard InChI is InChI=1S/C69H98ClF4N11O11/c1-9-43(2)59-65(94)81(5)41-57(88)79(3)42-58(89)82(6)54(38-44-20-12-10-13-21-44)64(93)80(4)40-56(87)76-51(30-28-45-27-29-49(50(70)37-45)69(72,73)74)63(92)85-35-19-26-52(85)62(91)78-68(32-16-17-33-68)67(96)84(8)60(47-23-14-11-15-24-47)66(95)83(7)53(39-46-22-18-25-48(71)36-46)61(90)75-34-31-55(86)77-59/h18,22,25,27,29,36-37,43-44,47,51-54,59-60H,9-17,19-21,23-24,26,28,30-35,38-42H2,1-8H3,(H,75,90)(H,76,87)(H,77,86)(H,78,91)/t43-,51-,52-,53-,54-,59-,60-/m0/s1. The molecule has 0 unspecified atom stereocenters. The van der Waals surface area contributed by atoms with Gasteiger partial charge in [-0.3, -0.25) is 52.7 Å². The number of rotatable bonds is 10. The van der Waals surface area contributed by atoms with Crippen molar-refractivity contribution in [2.24, 2.45) is 17.8 Å². The maximum Gasteiger partial charge on any atom is 0.417 e. The number of halogens is 5. The molecule has 0 radical (unpaired) electrons. The minimum absolute atomic E-state index is 0.0248. The van der Waals surface area contributed by atoms with E-state index in [9.17, 15) is 51.1 Å². The smallest absolute Gasteiger partial charge is 0.354 e. The third-order valence-corrected chi connectivity index (χ3v) is 20.8. The third kappa shape index (κ3) is 19.5. The molecule has 530 valence electrons. The Labute approximate surface area is 566 Å². The molecule has 3 saturated carbocycles. The van der Waals surface area contributed by atoms with E-state index < -0.39 is 161 Å². The van der Waals surface area contributed by atoms with Crippen LogP contribution in [0, 0.1) is 23.6 Å². The van der Waals surface area contributed by atoms with Crippen LogP contribution in [0.3, 0.4) is 0 Å². The van der Waals surface area contributed by atoms with Gasteiger partial charge in [-0.1, -0.05) is 114 Å². The Morgan fingerprint density at radius 2 is 1.28 bits per heavy atom. The molecule has 2 aromatic rings. The van der Waals surface area contributed by atoms with E-state index in [1.54, 1.807) is 13.0 Å². The number of nitrogens with zero attached hydrogens (tertiary/aromatic N) is 7. The third-order valence-electron chi connectivity index (χ3n) is 20.5. The van der Waals surface area contributed by atoms with E-state index >= 15 is 19.2 Å². The van der Waals surface area contributed by atoms with Gasteiger partial charge in [0.2, 0.25) is 65.0 Å². The SMILES string of the molecule is CC[C@H](C)[C@@H]1NC(=O)CCNC(=O)[C@H](Cc2cccc(F)c2)N(C)C(=O)[C@H](C2CCCCC2)N(C)C(=O)C2(CCCC2)NC(=O)[C@@H]2CCCN2C(=O)[C@H](CCc2ccc(C(F)(F)F)c(Cl)c2)NC(=O)CN(C)C(=O)[C@H](CC2CCCCC2)N(C)C(=O)CN(C)C(=O)CN(C)C1=O. The number of amides is 11. The van der Waals surface area contributed by atoms with E-state index in [4.69, 9.17) is 11.6 Å². The van der Waals surface area contributed by atoms with Crippen LogP contribution in [0.1, 0.15) is 159 Å². The zero-order valence-corrected chi connectivity index (χ0v) is 57.6. The summed E-state index contributed by atoms with van der Waals surface area (Å²) in [5.74, 6) is -8.57. The van der Waals surface area contributed by atoms with Crippen molar-refractivity contribution >= 4 is 76.6 Å². The molecule has 5 aliphatic rings. The summed E-state index contributed by atoms with van der Waals surface area (Å²) in [4.78, 5) is 170. The van der Waals surface area contributed by atoms with Crippen LogP contribution in [0.4, 0.5) is 17.6 Å². The van der Waals surface area contributed by atoms with Crippen molar-refractivity contribution in [3.05, 3.63) is 70.0 Å². The van der Waals surface area contributed by atoms with E-state index in [1.165, 1.54) is 86.2 Å². The van der Waals surface area contributed by atoms with Gasteiger partial charge in [-0.05, 0) is 111 Å². The number of nitrogens with one attached hydrogen (secondary N) is 4. The Morgan fingerprint density at radius 1 is 0.635 bits per heavy atom. The lowest BCUT2D eigenvalue weighted by Gasteiger charge is -2.43. The van der Waals surface area contributed by atoms with Crippen LogP contribution in [0.2, 0.25) is 5.02 Å². The fourth-order valence-electron chi connectivity index (χ4n) is 14.5. The van der Waals surface area contributed by atoms with Crippen LogP contribution in [0.5, 0.6) is 0 Å². The summed E-state index contributed by atoms with van der Waals surface area (Å²) in [6, 6.07) is 1.38. The molecule has 22 nitrogen and oxygen atoms in total. The van der Waals surface area contributed by atoms with Crippen LogP contribution in [0.15, 0.2) is 42.5 Å². The minimum atomic E-state index is -4.76. The number of carbonyl (C=O) groups is 11. The molecule has 27 heteroatoms. The lowest BCUT2D eigenvalue weighted by Crippen LogP contribution is -2.65. The van der Waals surface area contributed by atoms with Crippen molar-refractivity contribution in [1.29, 1.82) is 0 Å². The van der Waals surface area contributed by atoms with Crippen LogP contribution >= 0.6 is 11.6 Å². The highest BCUT2D eigenvalue weighted by atomic mass is 35.5. The van der Waals surface area contributed by atoms with Crippen LogP contribution in [-0.4, -0.2) is 216 Å². The quantitative estimate of drug-likeness (QED) is 0.200. The Morgan fingerprint density at radius 3 is 1.92 bits per heavy atom. The topological polar surface area (TPSA) is 259 Å². The number of hydrogen-bond acceptors (Lipinski definition) is 11. The predicted molar refractivity (Wildman–Crippen MR) is 350 cm³/mol. The molecule has 2 aromatic carbocycles. The van der Waals surface area contributed by atoms with Crippen LogP contribution in [-0.2, 0) is 71.8 Å². The van der Waals surface area contributed by atoms with Crippen molar-refractivity contribution in [2.45, 2.75) is 203 Å². The van der Waals surface area contributed by atoms with Crippen LogP contribution in [0.25, 0.3) is 0 Å². The van der Waals surface area contributed by atoms with E-state index in [0.29, 0.717) is 49.7 Å². The Balaban J connectivity index is 1.25. The molecular formula is C69H98ClF4N11O11. The van der Waals surface area contributed by atoms with Gasteiger partial charge < -0.3 is 55.6 Å². The molecular weight excluding hydrogens is 1270 g/mol. The first kappa shape index (κ1) is 76.0. The lowest BCUT2D eigenvalue weighted by molar-refractivity contribution is -0.154. The van der Waals surface area contributed by atoms with E-state index in [-0.39, 0.29) is 70.4 Å². The van der Waals surface area contributed by atoms with Gasteiger partial charge in [0.15, 0.2) is 0 Å². The van der Waals surface area contributed by atoms with E-state index in [1.807, 2.05) is 6.92 Å². The van der Waals surface area contributed by atoms with Crippen molar-refractivity contribution in [3.8, 4) is 0 Å². The van der Waals surface area contributed by atoms with Crippen LogP contribution < -0.4 is 21.3 Å². The van der Waals surface area contributed by atoms with Crippen molar-refractivity contribution < 1.29 is 70.3 Å². The van der Waals surface area contributed by atoms with Gasteiger partial charge in [-0.2, -0.15) is 13.2 Å². The second-order valence-electron chi connectivity index (χ2n) is 27.4. The number of aryl methyl sites for hydroxylation is 1. The molecule has 7 atom stereocenters. The summed E-state index contributed by atoms with van der Waals surface area (Å²) < 4.78 is 56.3. The molecule has 0 bridgehead atoms. The fourth-order valence-corrected chi connectivity index (χ4v) is 14.8. The van der Waals surface area contributed by atoms with Gasteiger partial charge in [-0.25, -0.2) is 4.39 Å². The number of fused-ring (bicyclic) bond motifs is 1. The molecule has 4 N–H and O–H groups in total. The largest absolute Gasteiger partial charge is 0.417 e. The Kier molecular flexibility index (Phi) is 27.1. The summed E-state index contributed by atoms with van der Waals surface area (Å²) in [5, 5.41) is 10.8. The Bertz CT molecular complexity index is 3140. The van der Waals surface area contributed by atoms with Crippen molar-refractivity contribution in [1.82, 2.24) is 55.6 Å². The molecule has 2 saturated heterocycles. The fraction of sp³-hybridized carbons (Fsp3) is 0.667. The average molecular weight is 1370 g/mol. The Hall–Kier alpha value is -7.38. The monoisotopic (exact) mass is 1370 g/mol. The maximum atomic E-state index is 15.6. The summed E-state index contributed by atoms with van der Waals surface area (Å²) >= 11 is 6.14. The highest BCUT2D eigenvalue weighted by molar-refractivity contribution is 6.31. The molecule has 2 heterocycles. The zero-order chi connectivity index (χ0) is 70.3. The first-order valence-electron chi connectivity index (χ1n) is 34.1. The molecule has 96 heavy (non-hydrogen) atoms. The molecule has 7 rings (SSSR count). The zero-order valence-electron chi connectivity index (χ0n) is 56.8. The van der Waals surface area contributed by atoms with Gasteiger partial charge >= 0.3 is 6.18 Å². The van der Waals surface area contributed by atoms with Gasteiger partial charge in [0.1, 0.15) is 47.6 Å². The number of hydrogen-bond donors (Lipinski definition) is 4. The predicted octanol–water partition coefficient (Wildman–Crippen LogP) is 6.04. The average Bonchev–Trinajstić information content (AvgIpc) is 1.29. The van der Waals surface area contributed by atoms with Crippen molar-refractivity contribution in [2.75, 3.05) is 75.0 Å². The number of benzene rings is 2. The first-order chi connectivity index (χ1) is 45.4. The molecule has 0 aromatic heterocycles. The molecule has 5 fully saturated rings. The van der Waals surface area contributed by atoms with E-state index in [2.05, 4.69) is 21.3 Å². The summed E-state index contributed by atoms with van der Waals surface area (Å²) in [6.45, 7) is 1.70. The number of alkyl halides is 3. The lowest BCUT2D eigenvalue weighted by atomic mass is 9.81. The second-order valence-corrected chi connectivity index (χ2v) is 27.8. The molecule has 2 aliphatic heterocycles. The highest BCUT2D eigenvalue weighted by Crippen LogP contribution is 2.38. The van der Waals surface area contributed by atoms with Gasteiger partial charge in [-0.15, -0.1) is 0 Å². The first-order valence-corrected chi connectivity index (χ1v) is 34.4. The maximum absolute atomic E-state index is 15.6. The normalized spacial score (nSPS) is 25.6. The summed E-state index contributed by atoms with van der Waals surface area (Å²) in [7, 11) is 8.49. The van der Waals surface area contributed by atoms with E-state index in [0.717, 1.165) is 78.2 Å². The van der Waals surface area contributed by atoms with Crippen molar-refractivity contribution in [3.63, 3.8) is 0 Å². The highest BCUT2D eigenvalue weighted by Gasteiger charge is 2.51. The number of carbonyl (C=O) groups excluding carboxylic acids is 11.